The molecule has 3 rings (SSSR count). The molecule has 2 saturated carbocycles. The smallest absolute Gasteiger partial charge is 0.481 e. The zero-order valence-electron chi connectivity index (χ0n) is 9.74. The summed E-state index contributed by atoms with van der Waals surface area (Å²) >= 11 is 0. The first-order chi connectivity index (χ1) is 7.47. The van der Waals surface area contributed by atoms with Gasteiger partial charge in [0.1, 0.15) is 6.61 Å². The third kappa shape index (κ3) is 6.34. The molecule has 10 radical (unpaired) electrons. The van der Waals surface area contributed by atoms with E-state index in [-0.39, 0.29) is 35.9 Å². The predicted molar refractivity (Wildman–Crippen MR) is 59.1 cm³/mol. The number of rotatable bonds is 1. The van der Waals surface area contributed by atoms with Crippen molar-refractivity contribution in [2.75, 3.05) is 13.2 Å². The van der Waals surface area contributed by atoms with Gasteiger partial charge in [0.25, 0.3) is 0 Å². The Bertz CT molecular complexity index is 206. The minimum absolute atomic E-state index is 0. The van der Waals surface area contributed by atoms with Crippen molar-refractivity contribution >= 4 is 5.90 Å². The number of ether oxygens (including phenoxy) is 1. The molecule has 1 aliphatic heterocycles. The third-order valence-electron chi connectivity index (χ3n) is 1.97. The van der Waals surface area contributed by atoms with Crippen molar-refractivity contribution in [3.05, 3.63) is 63.7 Å². The fraction of sp³-hybridized carbons (Fsp3) is 0.154. The fourth-order valence-electron chi connectivity index (χ4n) is 1.28. The Labute approximate surface area is 128 Å². The van der Waals surface area contributed by atoms with Gasteiger partial charge in [-0.25, -0.2) is 6.42 Å². The van der Waals surface area contributed by atoms with Crippen molar-refractivity contribution in [3.63, 3.8) is 0 Å². The quantitative estimate of drug-likeness (QED) is 0.425. The average Bonchev–Trinajstić information content (AvgIpc) is 3.06. The average molecular weight is 261 g/mol. The van der Waals surface area contributed by atoms with Gasteiger partial charge in [-0.05, 0) is 32.1 Å². The largest absolute Gasteiger partial charge is 2.00 e. The molecule has 3 aliphatic rings. The minimum Gasteiger partial charge on any atom is -0.481 e. The van der Waals surface area contributed by atoms with E-state index in [2.05, 4.69) is 11.4 Å². The molecule has 0 unspecified atom stereocenters. The van der Waals surface area contributed by atoms with Gasteiger partial charge in [0.05, 0.1) is 6.54 Å². The molecule has 0 bridgehead atoms. The van der Waals surface area contributed by atoms with E-state index in [9.17, 15) is 0 Å². The molecule has 0 aromatic carbocycles. The Morgan fingerprint density at radius 1 is 1.06 bits per heavy atom. The zero-order chi connectivity index (χ0) is 10.3. The van der Waals surface area contributed by atoms with Crippen LogP contribution in [0.15, 0.2) is 4.99 Å². The third-order valence-corrected chi connectivity index (χ3v) is 1.97. The van der Waals surface area contributed by atoms with Crippen LogP contribution in [-0.2, 0) is 21.8 Å². The second-order valence-electron chi connectivity index (χ2n) is 3.08. The summed E-state index contributed by atoms with van der Waals surface area (Å²) in [7, 11) is 0. The Morgan fingerprint density at radius 2 is 1.71 bits per heavy atom. The maximum Gasteiger partial charge on any atom is 2.00 e. The van der Waals surface area contributed by atoms with Gasteiger partial charge in [0, 0.05) is 0 Å². The Balaban J connectivity index is 0.000000318. The first-order valence-corrected chi connectivity index (χ1v) is 4.94. The molecule has 0 spiro atoms. The van der Waals surface area contributed by atoms with E-state index in [1.807, 2.05) is 51.4 Å². The Morgan fingerprint density at radius 3 is 2.12 bits per heavy atom. The molecule has 0 atom stereocenters. The van der Waals surface area contributed by atoms with Crippen LogP contribution in [0.25, 0.3) is 0 Å². The normalized spacial score (nSPS) is 22.7. The van der Waals surface area contributed by atoms with E-state index in [0.29, 0.717) is 6.61 Å². The summed E-state index contributed by atoms with van der Waals surface area (Å²) in [5.41, 5.74) is 0. The molecule has 82 valence electrons. The summed E-state index contributed by atoms with van der Waals surface area (Å²) in [5.74, 6) is 1.71. The molecular weight excluding hydrogens is 249 g/mol. The minimum atomic E-state index is 0. The monoisotopic (exact) mass is 261 g/mol. The first kappa shape index (κ1) is 17.6. The van der Waals surface area contributed by atoms with Gasteiger partial charge >= 0.3 is 35.9 Å². The topological polar surface area (TPSA) is 21.6 Å². The number of hydrogen-bond acceptors (Lipinski definition) is 2. The molecule has 2 aliphatic carbocycles. The van der Waals surface area contributed by atoms with E-state index < -0.39 is 0 Å². The van der Waals surface area contributed by atoms with Crippen molar-refractivity contribution in [2.45, 2.75) is 0 Å². The van der Waals surface area contributed by atoms with Gasteiger partial charge in [-0.1, -0.05) is 12.8 Å². The molecular formula is C13H12FeLiNO+2. The molecule has 1 heterocycles. The van der Waals surface area contributed by atoms with Crippen LogP contribution < -0.4 is 18.9 Å². The van der Waals surface area contributed by atoms with E-state index >= 15 is 0 Å². The number of hydrogen-bond donors (Lipinski definition) is 0. The predicted octanol–water partition coefficient (Wildman–Crippen LogP) is -1.28. The van der Waals surface area contributed by atoms with E-state index in [1.54, 1.807) is 0 Å². The summed E-state index contributed by atoms with van der Waals surface area (Å²) in [4.78, 5) is 4.14. The van der Waals surface area contributed by atoms with Crippen LogP contribution in [-0.4, -0.2) is 19.0 Å². The van der Waals surface area contributed by atoms with Gasteiger partial charge in [-0.2, -0.15) is 0 Å². The zero-order valence-corrected chi connectivity index (χ0v) is 10.8. The molecule has 0 saturated heterocycles. The molecule has 4 heteroatoms. The van der Waals surface area contributed by atoms with E-state index in [4.69, 9.17) is 4.74 Å². The van der Waals surface area contributed by atoms with Crippen molar-refractivity contribution in [1.29, 1.82) is 0 Å². The van der Waals surface area contributed by atoms with Crippen LogP contribution >= 0.6 is 0 Å². The standard InChI is InChI=1S/C8H7NO.C5H5.Fe.Li/c1-2-4-7(3-1)8-9-5-6-10-8;1-2-4-5-3-1;;/h1-3H,5-6H2;1-5H;;/q-1;;+2;+1. The van der Waals surface area contributed by atoms with Gasteiger partial charge in [0.15, 0.2) is 5.90 Å². The molecule has 0 amide bonds. The molecule has 17 heavy (non-hydrogen) atoms. The summed E-state index contributed by atoms with van der Waals surface area (Å²) < 4.78 is 5.22. The molecule has 2 fully saturated rings. The SMILES string of the molecule is [C-]1[CH][CH][CH][C]1C1=NCCO1.[CH]1[CH][CH][CH][CH]1.[Fe+2].[Li+]. The van der Waals surface area contributed by atoms with Gasteiger partial charge in [-0.3, -0.25) is 4.99 Å². The van der Waals surface area contributed by atoms with Crippen LogP contribution in [0.5, 0.6) is 0 Å². The molecule has 2 nitrogen and oxygen atoms in total. The summed E-state index contributed by atoms with van der Waals surface area (Å²) in [6, 6.07) is 0. The summed E-state index contributed by atoms with van der Waals surface area (Å²) in [5, 5.41) is 0. The van der Waals surface area contributed by atoms with E-state index in [0.717, 1.165) is 18.4 Å². The second-order valence-corrected chi connectivity index (χ2v) is 3.08. The Kier molecular flexibility index (Phi) is 10.9. The number of aliphatic imine (C=N–C) groups is 1. The van der Waals surface area contributed by atoms with Crippen molar-refractivity contribution in [2.24, 2.45) is 4.99 Å². The van der Waals surface area contributed by atoms with Crippen molar-refractivity contribution in [1.82, 2.24) is 0 Å². The van der Waals surface area contributed by atoms with Crippen molar-refractivity contribution < 1.29 is 40.7 Å². The molecule has 0 aromatic rings. The first-order valence-electron chi connectivity index (χ1n) is 4.94. The number of nitrogens with zero attached hydrogens (tertiary/aromatic N) is 1. The maximum atomic E-state index is 5.22. The van der Waals surface area contributed by atoms with Crippen LogP contribution in [0.1, 0.15) is 0 Å². The fourth-order valence-corrected chi connectivity index (χ4v) is 1.28. The summed E-state index contributed by atoms with van der Waals surface area (Å²) in [6.07, 6.45) is 18.8. The molecule has 0 aromatic heterocycles. The van der Waals surface area contributed by atoms with Crippen LogP contribution in [0.2, 0.25) is 0 Å². The van der Waals surface area contributed by atoms with Crippen molar-refractivity contribution in [3.8, 4) is 0 Å². The van der Waals surface area contributed by atoms with Crippen LogP contribution in [0.4, 0.5) is 0 Å². The molecule has 0 N–H and O–H groups in total. The van der Waals surface area contributed by atoms with Crippen LogP contribution in [0.3, 0.4) is 0 Å². The maximum absolute atomic E-state index is 5.22. The van der Waals surface area contributed by atoms with Gasteiger partial charge < -0.3 is 11.2 Å². The van der Waals surface area contributed by atoms with Gasteiger partial charge in [-0.15, -0.1) is 5.92 Å². The second kappa shape index (κ2) is 10.5. The Hall–Kier alpha value is 0.587. The van der Waals surface area contributed by atoms with E-state index in [1.165, 1.54) is 0 Å². The summed E-state index contributed by atoms with van der Waals surface area (Å²) in [6.45, 7) is 1.50. The van der Waals surface area contributed by atoms with Crippen LogP contribution in [0, 0.1) is 63.7 Å². The van der Waals surface area contributed by atoms with Gasteiger partial charge in [0.2, 0.25) is 0 Å².